The first-order chi connectivity index (χ1) is 10.6. The summed E-state index contributed by atoms with van der Waals surface area (Å²) in [5.41, 5.74) is 0. The summed E-state index contributed by atoms with van der Waals surface area (Å²) in [6.07, 6.45) is 0.155. The van der Waals surface area contributed by atoms with Crippen molar-refractivity contribution in [1.82, 2.24) is 15.0 Å². The average molecular weight is 321 g/mol. The Hall–Kier alpha value is -1.57. The molecule has 6 nitrogen and oxygen atoms in total. The van der Waals surface area contributed by atoms with Crippen molar-refractivity contribution >= 4 is 10.8 Å². The molecule has 0 aliphatic carbocycles. The normalized spacial score (nSPS) is 23.7. The van der Waals surface area contributed by atoms with Crippen LogP contribution in [0.4, 0.5) is 0 Å². The van der Waals surface area contributed by atoms with Crippen molar-refractivity contribution in [3.8, 4) is 0 Å². The zero-order valence-electron chi connectivity index (χ0n) is 12.4. The molecule has 1 aromatic carbocycles. The Morgan fingerprint density at radius 3 is 2.86 bits per heavy atom. The number of rotatable bonds is 5. The highest BCUT2D eigenvalue weighted by Gasteiger charge is 2.35. The summed E-state index contributed by atoms with van der Waals surface area (Å²) in [5, 5.41) is 13.7. The maximum absolute atomic E-state index is 12.3. The molecule has 3 atom stereocenters. The van der Waals surface area contributed by atoms with E-state index in [1.54, 1.807) is 6.92 Å². The Kier molecular flexibility index (Phi) is 4.66. The molecule has 22 heavy (non-hydrogen) atoms. The number of nitrogens with zero attached hydrogens (tertiary/aromatic N) is 3. The number of aryl methyl sites for hydroxylation is 1. The van der Waals surface area contributed by atoms with Gasteiger partial charge in [-0.15, -0.1) is 0 Å². The van der Waals surface area contributed by atoms with Crippen molar-refractivity contribution in [2.75, 3.05) is 18.8 Å². The third-order valence-electron chi connectivity index (χ3n) is 3.78. The SMILES string of the molecule is Cc1noc([C@H]2C[C@@H](O)CN2CC[S@](=O)c2ccccc2)n1. The quantitative estimate of drug-likeness (QED) is 0.894. The summed E-state index contributed by atoms with van der Waals surface area (Å²) in [4.78, 5) is 7.15. The summed E-state index contributed by atoms with van der Waals surface area (Å²) in [6, 6.07) is 9.32. The van der Waals surface area contributed by atoms with Crippen LogP contribution < -0.4 is 0 Å². The highest BCUT2D eigenvalue weighted by molar-refractivity contribution is 7.85. The van der Waals surface area contributed by atoms with Gasteiger partial charge in [0.1, 0.15) is 0 Å². The van der Waals surface area contributed by atoms with Crippen molar-refractivity contribution in [3.63, 3.8) is 0 Å². The van der Waals surface area contributed by atoms with Gasteiger partial charge in [-0.05, 0) is 25.5 Å². The van der Waals surface area contributed by atoms with E-state index in [9.17, 15) is 9.32 Å². The molecule has 3 rings (SSSR count). The predicted molar refractivity (Wildman–Crippen MR) is 81.7 cm³/mol. The van der Waals surface area contributed by atoms with E-state index in [-0.39, 0.29) is 6.04 Å². The lowest BCUT2D eigenvalue weighted by atomic mass is 10.2. The second-order valence-electron chi connectivity index (χ2n) is 5.44. The summed E-state index contributed by atoms with van der Waals surface area (Å²) in [7, 11) is -1.05. The number of aliphatic hydroxyl groups is 1. The summed E-state index contributed by atoms with van der Waals surface area (Å²) in [6.45, 7) is 2.93. The zero-order valence-corrected chi connectivity index (χ0v) is 13.2. The van der Waals surface area contributed by atoms with Crippen molar-refractivity contribution < 1.29 is 13.8 Å². The molecule has 1 N–H and O–H groups in total. The van der Waals surface area contributed by atoms with Gasteiger partial charge in [0.05, 0.1) is 22.9 Å². The Bertz CT molecular complexity index is 646. The largest absolute Gasteiger partial charge is 0.392 e. The molecule has 1 aliphatic heterocycles. The molecule has 118 valence electrons. The fourth-order valence-electron chi connectivity index (χ4n) is 2.72. The van der Waals surface area contributed by atoms with E-state index in [0.717, 1.165) is 4.90 Å². The number of hydrogen-bond donors (Lipinski definition) is 1. The molecule has 0 unspecified atom stereocenters. The maximum atomic E-state index is 12.3. The molecular formula is C15H19N3O3S. The number of aromatic nitrogens is 2. The first kappa shape index (κ1) is 15.3. The van der Waals surface area contributed by atoms with Gasteiger partial charge in [-0.3, -0.25) is 9.11 Å². The molecule has 2 heterocycles. The number of hydrogen-bond acceptors (Lipinski definition) is 6. The van der Waals surface area contributed by atoms with Gasteiger partial charge in [0.15, 0.2) is 5.82 Å². The van der Waals surface area contributed by atoms with Crippen LogP contribution in [0.25, 0.3) is 0 Å². The van der Waals surface area contributed by atoms with Crippen LogP contribution in [0.3, 0.4) is 0 Å². The van der Waals surface area contributed by atoms with Gasteiger partial charge in [-0.25, -0.2) is 0 Å². The first-order valence-corrected chi connectivity index (χ1v) is 8.61. The highest BCUT2D eigenvalue weighted by atomic mass is 32.2. The van der Waals surface area contributed by atoms with Crippen LogP contribution in [0.1, 0.15) is 24.2 Å². The van der Waals surface area contributed by atoms with Gasteiger partial charge < -0.3 is 9.63 Å². The van der Waals surface area contributed by atoms with E-state index in [0.29, 0.717) is 37.0 Å². The smallest absolute Gasteiger partial charge is 0.244 e. The number of likely N-dealkylation sites (tertiary alicyclic amines) is 1. The van der Waals surface area contributed by atoms with Gasteiger partial charge in [-0.2, -0.15) is 4.98 Å². The van der Waals surface area contributed by atoms with E-state index >= 15 is 0 Å². The van der Waals surface area contributed by atoms with Crippen molar-refractivity contribution in [2.24, 2.45) is 0 Å². The van der Waals surface area contributed by atoms with Crippen LogP contribution in [0.5, 0.6) is 0 Å². The molecule has 1 fully saturated rings. The van der Waals surface area contributed by atoms with Crippen LogP contribution in [0.2, 0.25) is 0 Å². The van der Waals surface area contributed by atoms with E-state index in [2.05, 4.69) is 15.0 Å². The van der Waals surface area contributed by atoms with Crippen molar-refractivity contribution in [1.29, 1.82) is 0 Å². The molecule has 0 radical (unpaired) electrons. The second kappa shape index (κ2) is 6.68. The lowest BCUT2D eigenvalue weighted by Gasteiger charge is -2.20. The maximum Gasteiger partial charge on any atom is 0.244 e. The number of β-amino-alcohol motifs (C(OH)–C–C–N with tert-alkyl or cyclic N) is 1. The molecule has 1 aliphatic rings. The van der Waals surface area contributed by atoms with Gasteiger partial charge >= 0.3 is 0 Å². The van der Waals surface area contributed by atoms with Crippen LogP contribution >= 0.6 is 0 Å². The second-order valence-corrected chi connectivity index (χ2v) is 7.01. The standard InChI is InChI=1S/C15H19N3O3S/c1-11-16-15(21-17-11)14-9-12(19)10-18(14)7-8-22(20)13-5-3-2-4-6-13/h2-6,12,14,19H,7-10H2,1H3/t12-,14-,22+/m1/s1. The Morgan fingerprint density at radius 1 is 1.41 bits per heavy atom. The lowest BCUT2D eigenvalue weighted by Crippen LogP contribution is -2.29. The van der Waals surface area contributed by atoms with Crippen LogP contribution in [-0.4, -0.2) is 49.3 Å². The number of benzene rings is 1. The first-order valence-electron chi connectivity index (χ1n) is 7.29. The van der Waals surface area contributed by atoms with E-state index in [1.807, 2.05) is 30.3 Å². The van der Waals surface area contributed by atoms with Crippen molar-refractivity contribution in [3.05, 3.63) is 42.0 Å². The topological polar surface area (TPSA) is 79.5 Å². The minimum atomic E-state index is -1.05. The summed E-state index contributed by atoms with van der Waals surface area (Å²) in [5.74, 6) is 1.63. The third-order valence-corrected chi connectivity index (χ3v) is 5.13. The number of aliphatic hydroxyl groups excluding tert-OH is 1. The predicted octanol–water partition coefficient (Wildman–Crippen LogP) is 1.29. The molecular weight excluding hydrogens is 302 g/mol. The van der Waals surface area contributed by atoms with E-state index in [4.69, 9.17) is 4.52 Å². The highest BCUT2D eigenvalue weighted by Crippen LogP contribution is 2.30. The summed E-state index contributed by atoms with van der Waals surface area (Å²) >= 11 is 0. The summed E-state index contributed by atoms with van der Waals surface area (Å²) < 4.78 is 17.5. The molecule has 0 bridgehead atoms. The Morgan fingerprint density at radius 2 is 2.18 bits per heavy atom. The molecule has 1 aromatic heterocycles. The Balaban J connectivity index is 1.64. The van der Waals surface area contributed by atoms with Gasteiger partial charge in [-0.1, -0.05) is 23.4 Å². The molecule has 0 spiro atoms. The van der Waals surface area contributed by atoms with E-state index in [1.165, 1.54) is 0 Å². The molecule has 7 heteroatoms. The van der Waals surface area contributed by atoms with Gasteiger partial charge in [0.2, 0.25) is 5.89 Å². The minimum Gasteiger partial charge on any atom is -0.392 e. The van der Waals surface area contributed by atoms with E-state index < -0.39 is 16.9 Å². The Labute approximate surface area is 131 Å². The van der Waals surface area contributed by atoms with Crippen molar-refractivity contribution in [2.45, 2.75) is 30.4 Å². The third kappa shape index (κ3) is 3.43. The van der Waals surface area contributed by atoms with Gasteiger partial charge in [0.25, 0.3) is 0 Å². The van der Waals surface area contributed by atoms with Gasteiger partial charge in [0, 0.05) is 23.7 Å². The fourth-order valence-corrected chi connectivity index (χ4v) is 3.82. The van der Waals surface area contributed by atoms with Crippen LogP contribution in [-0.2, 0) is 10.8 Å². The monoisotopic (exact) mass is 321 g/mol. The zero-order chi connectivity index (χ0) is 15.5. The van der Waals surface area contributed by atoms with Crippen LogP contribution in [0.15, 0.2) is 39.8 Å². The molecule has 0 saturated carbocycles. The minimum absolute atomic E-state index is 0.0935. The fraction of sp³-hybridized carbons (Fsp3) is 0.467. The molecule has 1 saturated heterocycles. The molecule has 2 aromatic rings. The lowest BCUT2D eigenvalue weighted by molar-refractivity contribution is 0.176. The molecule has 0 amide bonds. The van der Waals surface area contributed by atoms with Crippen LogP contribution in [0, 0.1) is 6.92 Å². The average Bonchev–Trinajstić information content (AvgIpc) is 3.11.